The van der Waals surface area contributed by atoms with Gasteiger partial charge in [0.25, 0.3) is 0 Å². The highest BCUT2D eigenvalue weighted by Gasteiger charge is 2.35. The number of nitrogens with two attached hydrogens (primary N) is 8. The molecule has 29 N–H and O–H groups in total. The van der Waals surface area contributed by atoms with E-state index < -0.39 is 239 Å². The lowest BCUT2D eigenvalue weighted by Crippen LogP contribution is -2.60. The van der Waals surface area contributed by atoms with Crippen LogP contribution in [0.3, 0.4) is 0 Å². The smallest absolute Gasteiger partial charge is 0.326 e. The zero-order valence-electron chi connectivity index (χ0n) is 48.0. The predicted molar refractivity (Wildman–Crippen MR) is 304 cm³/mol. The second-order valence-corrected chi connectivity index (χ2v) is 19.6. The molecule has 0 saturated carbocycles. The summed E-state index contributed by atoms with van der Waals surface area (Å²) >= 11 is 0. The van der Waals surface area contributed by atoms with Crippen LogP contribution in [0.1, 0.15) is 89.0 Å². The van der Waals surface area contributed by atoms with Crippen LogP contribution in [0.4, 0.5) is 0 Å². The summed E-state index contributed by atoms with van der Waals surface area (Å²) in [4.78, 5) is 221. The Balaban J connectivity index is 3.61. The van der Waals surface area contributed by atoms with E-state index in [1.807, 2.05) is 5.32 Å². The number of aliphatic imine (C=N–C) groups is 1. The number of nitrogens with one attached hydrogen (secondary N) is 10. The first-order chi connectivity index (χ1) is 41.7. The number of carbonyl (C=O) groups excluding carboxylic acids is 15. The standard InChI is InChI=1S/C50H77N19O20/c51-20-38(76)62-26(7-12-33(52)71)44(83)65-27(8-13-34(53)72)45(84)66-28(9-14-35(54)73)46(85)67-29(10-15-36(55)74)47(86)68-30(11-16-37(56)75)48(87)69-31(18-23-3-5-24(70)6-4-23)43(82)61-21-39(77)63-25(2-1-17-59-50(57)58)42(81)60-22-40(78)64-32(49(88)89)19-41(79)80/h3-6,25-32,70H,1-2,7-22,51H2,(H2,52,71)(H2,53,72)(H2,54,73)(H2,55,74)(H2,56,75)(H,60,81)(H,61,82)(H,62,76)(H,63,77)(H,64,78)(H,65,83)(H,66,84)(H,67,85)(H,68,86)(H,69,87)(H,79,80)(H,88,89)(H4,57,58,59)/t25-,26-,27-,28-,29-,30-,31-,32-/m0/s1. The molecule has 0 aliphatic carbocycles. The average Bonchev–Trinajstić information content (AvgIpc) is 3.52. The van der Waals surface area contributed by atoms with E-state index in [0.29, 0.717) is 0 Å². The summed E-state index contributed by atoms with van der Waals surface area (Å²) in [5.74, 6) is -19.8. The Labute approximate surface area is 506 Å². The van der Waals surface area contributed by atoms with E-state index in [-0.39, 0.29) is 43.1 Å². The van der Waals surface area contributed by atoms with Gasteiger partial charge in [0.1, 0.15) is 54.1 Å². The number of carbonyl (C=O) groups is 17. The largest absolute Gasteiger partial charge is 0.508 e. The Kier molecular flexibility index (Phi) is 34.1. The van der Waals surface area contributed by atoms with Crippen molar-refractivity contribution in [3.63, 3.8) is 0 Å². The van der Waals surface area contributed by atoms with Gasteiger partial charge in [-0.15, -0.1) is 0 Å². The van der Waals surface area contributed by atoms with Crippen molar-refractivity contribution in [1.29, 1.82) is 0 Å². The van der Waals surface area contributed by atoms with Crippen molar-refractivity contribution >= 4 is 107 Å². The van der Waals surface area contributed by atoms with Crippen LogP contribution >= 0.6 is 0 Å². The first-order valence-electron chi connectivity index (χ1n) is 27.1. The topological polar surface area (TPSA) is 692 Å². The first kappa shape index (κ1) is 76.3. The van der Waals surface area contributed by atoms with Gasteiger partial charge in [0.15, 0.2) is 5.96 Å². The van der Waals surface area contributed by atoms with Gasteiger partial charge >= 0.3 is 11.9 Å². The minimum absolute atomic E-state index is 0.0327. The van der Waals surface area contributed by atoms with Crippen LogP contribution in [0, 0.1) is 0 Å². The molecule has 0 heterocycles. The Bertz CT molecular complexity index is 2780. The van der Waals surface area contributed by atoms with Gasteiger partial charge in [-0.05, 0) is 62.6 Å². The van der Waals surface area contributed by atoms with E-state index >= 15 is 0 Å². The minimum atomic E-state index is -1.87. The van der Waals surface area contributed by atoms with Crippen molar-refractivity contribution in [2.75, 3.05) is 26.2 Å². The summed E-state index contributed by atoms with van der Waals surface area (Å²) < 4.78 is 0. The molecule has 8 atom stereocenters. The third-order valence-electron chi connectivity index (χ3n) is 12.2. The molecule has 1 aromatic rings. The monoisotopic (exact) mass is 1260 g/mol. The number of carboxylic acids is 2. The molecule has 492 valence electrons. The molecule has 0 aliphatic heterocycles. The number of primary amides is 5. The summed E-state index contributed by atoms with van der Waals surface area (Å²) in [5, 5.41) is 50.6. The summed E-state index contributed by atoms with van der Waals surface area (Å²) in [5.41, 5.74) is 42.9. The van der Waals surface area contributed by atoms with E-state index in [4.69, 9.17) is 51.0 Å². The summed E-state index contributed by atoms with van der Waals surface area (Å²) in [6, 6.07) is -8.70. The molecule has 1 aromatic carbocycles. The fourth-order valence-electron chi connectivity index (χ4n) is 7.69. The number of rotatable bonds is 44. The van der Waals surface area contributed by atoms with Crippen LogP contribution in [-0.4, -0.2) is 196 Å². The summed E-state index contributed by atoms with van der Waals surface area (Å²) in [6.45, 7) is -2.48. The highest BCUT2D eigenvalue weighted by molar-refractivity contribution is 5.99. The Morgan fingerprint density at radius 1 is 0.404 bits per heavy atom. The van der Waals surface area contributed by atoms with Crippen LogP contribution < -0.4 is 99.0 Å². The van der Waals surface area contributed by atoms with Crippen molar-refractivity contribution < 1.29 is 96.8 Å². The molecule has 0 bridgehead atoms. The lowest BCUT2D eigenvalue weighted by molar-refractivity contribution is -0.147. The number of hydrogen-bond donors (Lipinski definition) is 21. The molecule has 0 fully saturated rings. The number of aliphatic carboxylic acids is 2. The third-order valence-corrected chi connectivity index (χ3v) is 12.2. The number of phenols is 1. The maximum absolute atomic E-state index is 14.2. The number of amides is 15. The van der Waals surface area contributed by atoms with Gasteiger partial charge in [0.05, 0.1) is 26.1 Å². The zero-order valence-corrected chi connectivity index (χ0v) is 48.0. The van der Waals surface area contributed by atoms with Gasteiger partial charge in [0.2, 0.25) is 88.6 Å². The highest BCUT2D eigenvalue weighted by Crippen LogP contribution is 2.13. The molecule has 1 rings (SSSR count). The van der Waals surface area contributed by atoms with Gasteiger partial charge in [-0.1, -0.05) is 12.1 Å². The predicted octanol–water partition coefficient (Wildman–Crippen LogP) is -11.1. The summed E-state index contributed by atoms with van der Waals surface area (Å²) in [7, 11) is 0. The lowest BCUT2D eigenvalue weighted by Gasteiger charge is -2.27. The van der Waals surface area contributed by atoms with Crippen LogP contribution in [0.15, 0.2) is 29.3 Å². The van der Waals surface area contributed by atoms with Crippen LogP contribution in [0.25, 0.3) is 0 Å². The highest BCUT2D eigenvalue weighted by atomic mass is 16.4. The van der Waals surface area contributed by atoms with Gasteiger partial charge in [-0.2, -0.15) is 0 Å². The SMILES string of the molecule is NCC(=O)N[C@@H](CCC(N)=O)C(=O)N[C@@H](CCC(N)=O)C(=O)N[C@@H](CCC(N)=O)C(=O)N[C@@H](CCC(N)=O)C(=O)N[C@@H](CCC(N)=O)C(=O)N[C@@H](Cc1ccc(O)cc1)C(=O)NCC(=O)N[C@@H](CCCN=C(N)N)C(=O)NCC(=O)N[C@@H](CC(=O)O)C(=O)O. The number of phenolic OH excluding ortho intramolecular Hbond substituents is 1. The van der Waals surface area contributed by atoms with Crippen LogP contribution in [0.5, 0.6) is 5.75 Å². The Morgan fingerprint density at radius 2 is 0.719 bits per heavy atom. The van der Waals surface area contributed by atoms with Crippen molar-refractivity contribution in [2.24, 2.45) is 50.9 Å². The normalized spacial score (nSPS) is 13.3. The third kappa shape index (κ3) is 32.9. The number of aromatic hydroxyl groups is 1. The lowest BCUT2D eigenvalue weighted by atomic mass is 10.0. The van der Waals surface area contributed by atoms with Gasteiger partial charge in [-0.25, -0.2) is 4.79 Å². The molecule has 0 spiro atoms. The molecular weight excluding hydrogens is 1190 g/mol. The molecule has 0 unspecified atom stereocenters. The molecule has 0 radical (unpaired) electrons. The maximum atomic E-state index is 14.2. The molecule has 39 nitrogen and oxygen atoms in total. The molecule has 15 amide bonds. The van der Waals surface area contributed by atoms with E-state index in [0.717, 1.165) is 0 Å². The maximum Gasteiger partial charge on any atom is 0.326 e. The van der Waals surface area contributed by atoms with Gasteiger partial charge < -0.3 is 114 Å². The van der Waals surface area contributed by atoms with Crippen molar-refractivity contribution in [3.05, 3.63) is 29.8 Å². The molecule has 89 heavy (non-hydrogen) atoms. The van der Waals surface area contributed by atoms with E-state index in [2.05, 4.69) is 52.8 Å². The second-order valence-electron chi connectivity index (χ2n) is 19.6. The average molecular weight is 1260 g/mol. The number of guanidine groups is 1. The summed E-state index contributed by atoms with van der Waals surface area (Å²) in [6.07, 6.45) is -7.22. The minimum Gasteiger partial charge on any atom is -0.508 e. The van der Waals surface area contributed by atoms with E-state index in [1.165, 1.54) is 24.3 Å². The molecule has 0 aromatic heterocycles. The van der Waals surface area contributed by atoms with Crippen LogP contribution in [0.2, 0.25) is 0 Å². The molecule has 0 saturated heterocycles. The van der Waals surface area contributed by atoms with Crippen molar-refractivity contribution in [2.45, 2.75) is 138 Å². The number of benzene rings is 1. The van der Waals surface area contributed by atoms with E-state index in [1.54, 1.807) is 0 Å². The fraction of sp³-hybridized carbons (Fsp3) is 0.520. The Morgan fingerprint density at radius 3 is 1.04 bits per heavy atom. The van der Waals surface area contributed by atoms with E-state index in [9.17, 15) is 91.7 Å². The number of nitrogens with zero attached hydrogens (tertiary/aromatic N) is 1. The molecular formula is C50H77N19O20. The molecule has 39 heteroatoms. The molecule has 0 aliphatic rings. The fourth-order valence-corrected chi connectivity index (χ4v) is 7.69. The quantitative estimate of drug-likeness (QED) is 0.0164. The van der Waals surface area contributed by atoms with Gasteiger partial charge in [-0.3, -0.25) is 81.7 Å². The zero-order chi connectivity index (χ0) is 67.5. The Hall–Kier alpha value is -10.8. The van der Waals surface area contributed by atoms with Crippen LogP contribution in [-0.2, 0) is 87.9 Å². The van der Waals surface area contributed by atoms with Crippen molar-refractivity contribution in [3.8, 4) is 5.75 Å². The number of carboxylic acid groups (broad SMARTS) is 2. The number of hydrogen-bond acceptors (Lipinski definition) is 20. The first-order valence-corrected chi connectivity index (χ1v) is 27.1. The van der Waals surface area contributed by atoms with Crippen molar-refractivity contribution in [1.82, 2.24) is 53.2 Å². The second kappa shape index (κ2) is 39.8. The van der Waals surface area contributed by atoms with Gasteiger partial charge in [0, 0.05) is 45.1 Å².